The summed E-state index contributed by atoms with van der Waals surface area (Å²) in [5.74, 6) is -0.126. The molecular weight excluding hydrogens is 278 g/mol. The van der Waals surface area contributed by atoms with E-state index in [1.165, 1.54) is 0 Å². The molecule has 1 atom stereocenters. The summed E-state index contributed by atoms with van der Waals surface area (Å²) in [5.41, 5.74) is 0. The number of carbonyl (C=O) groups is 1. The highest BCUT2D eigenvalue weighted by molar-refractivity contribution is 9.09. The average molecular weight is 298 g/mol. The van der Waals surface area contributed by atoms with E-state index < -0.39 is 0 Å². The third-order valence-corrected chi connectivity index (χ3v) is 2.31. The lowest BCUT2D eigenvalue weighted by atomic mass is 10.2. The lowest BCUT2D eigenvalue weighted by molar-refractivity contribution is -0.127. The Balaban J connectivity index is 3.63. The normalized spacial score (nSPS) is 12.4. The van der Waals surface area contributed by atoms with Crippen molar-refractivity contribution in [2.45, 2.75) is 12.5 Å². The van der Waals surface area contributed by atoms with E-state index in [0.717, 1.165) is 11.8 Å². The van der Waals surface area contributed by atoms with E-state index in [1.807, 2.05) is 0 Å². The molecule has 5 nitrogen and oxygen atoms in total. The molecule has 0 aliphatic carbocycles. The van der Waals surface area contributed by atoms with Crippen molar-refractivity contribution in [3.63, 3.8) is 0 Å². The highest BCUT2D eigenvalue weighted by Gasteiger charge is 2.11. The van der Waals surface area contributed by atoms with E-state index in [0.29, 0.717) is 19.8 Å². The van der Waals surface area contributed by atoms with E-state index in [1.54, 1.807) is 14.2 Å². The summed E-state index contributed by atoms with van der Waals surface area (Å²) in [5, 5.41) is 3.66. The average Bonchev–Trinajstić information content (AvgIpc) is 2.25. The van der Waals surface area contributed by atoms with E-state index in [2.05, 4.69) is 21.2 Å². The number of rotatable bonds is 10. The number of hydrogen-bond acceptors (Lipinski definition) is 4. The van der Waals surface area contributed by atoms with Gasteiger partial charge in [0.05, 0.1) is 25.9 Å². The Morgan fingerprint density at radius 1 is 1.31 bits per heavy atom. The van der Waals surface area contributed by atoms with Gasteiger partial charge in [-0.3, -0.25) is 4.79 Å². The second kappa shape index (κ2) is 11.3. The minimum Gasteiger partial charge on any atom is -0.383 e. The molecule has 96 valence electrons. The van der Waals surface area contributed by atoms with Crippen molar-refractivity contribution in [2.24, 2.45) is 0 Å². The van der Waals surface area contributed by atoms with Gasteiger partial charge in [-0.25, -0.2) is 0 Å². The second-order valence-electron chi connectivity index (χ2n) is 3.24. The van der Waals surface area contributed by atoms with Crippen LogP contribution in [0.1, 0.15) is 6.42 Å². The summed E-state index contributed by atoms with van der Waals surface area (Å²) in [6.07, 6.45) is 0.831. The van der Waals surface area contributed by atoms with Crippen LogP contribution in [0.5, 0.6) is 0 Å². The number of halogens is 1. The number of carbonyl (C=O) groups excluding carboxylic acids is 1. The van der Waals surface area contributed by atoms with Gasteiger partial charge in [-0.15, -0.1) is 0 Å². The molecule has 0 spiro atoms. The van der Waals surface area contributed by atoms with Gasteiger partial charge in [-0.1, -0.05) is 15.9 Å². The van der Waals surface area contributed by atoms with Crippen LogP contribution in [0.25, 0.3) is 0 Å². The molecule has 0 aliphatic rings. The Morgan fingerprint density at radius 3 is 2.62 bits per heavy atom. The van der Waals surface area contributed by atoms with Crippen molar-refractivity contribution in [3.05, 3.63) is 0 Å². The van der Waals surface area contributed by atoms with Crippen LogP contribution in [0, 0.1) is 0 Å². The smallest absolute Gasteiger partial charge is 0.246 e. The number of hydrogen-bond donors (Lipinski definition) is 1. The molecule has 0 saturated heterocycles. The lowest BCUT2D eigenvalue weighted by Gasteiger charge is -2.16. The summed E-state index contributed by atoms with van der Waals surface area (Å²) in [6, 6.07) is 0.0305. The van der Waals surface area contributed by atoms with Crippen LogP contribution in [0.2, 0.25) is 0 Å². The van der Waals surface area contributed by atoms with Crippen molar-refractivity contribution >= 4 is 21.8 Å². The maximum absolute atomic E-state index is 11.4. The fraction of sp³-hybridized carbons (Fsp3) is 0.900. The Hall–Kier alpha value is -0.170. The molecule has 0 radical (unpaired) electrons. The van der Waals surface area contributed by atoms with Crippen LogP contribution in [-0.2, 0) is 19.0 Å². The van der Waals surface area contributed by atoms with Gasteiger partial charge in [-0.05, 0) is 6.42 Å². The molecule has 0 fully saturated rings. The molecule has 0 aromatic rings. The number of ether oxygens (including phenoxy) is 3. The van der Waals surface area contributed by atoms with Gasteiger partial charge in [-0.2, -0.15) is 0 Å². The van der Waals surface area contributed by atoms with Gasteiger partial charge >= 0.3 is 0 Å². The van der Waals surface area contributed by atoms with E-state index in [4.69, 9.17) is 14.2 Å². The van der Waals surface area contributed by atoms with Gasteiger partial charge in [0.2, 0.25) is 5.91 Å². The maximum atomic E-state index is 11.4. The zero-order valence-corrected chi connectivity index (χ0v) is 11.4. The van der Waals surface area contributed by atoms with E-state index in [9.17, 15) is 4.79 Å². The number of methoxy groups -OCH3 is 2. The van der Waals surface area contributed by atoms with Crippen molar-refractivity contribution in [1.82, 2.24) is 5.32 Å². The third-order valence-electron chi connectivity index (χ3n) is 1.86. The van der Waals surface area contributed by atoms with Gasteiger partial charge in [0.15, 0.2) is 0 Å². The van der Waals surface area contributed by atoms with Gasteiger partial charge in [0.1, 0.15) is 6.61 Å². The first kappa shape index (κ1) is 15.8. The zero-order chi connectivity index (χ0) is 12.2. The summed E-state index contributed by atoms with van der Waals surface area (Å²) in [4.78, 5) is 11.4. The highest BCUT2D eigenvalue weighted by Crippen LogP contribution is 1.97. The predicted octanol–water partition coefficient (Wildman–Crippen LogP) is 0.566. The third kappa shape index (κ3) is 9.08. The second-order valence-corrected chi connectivity index (χ2v) is 4.04. The monoisotopic (exact) mass is 297 g/mol. The van der Waals surface area contributed by atoms with Crippen molar-refractivity contribution in [1.29, 1.82) is 0 Å². The van der Waals surface area contributed by atoms with Crippen molar-refractivity contribution in [3.8, 4) is 0 Å². The number of amides is 1. The molecule has 0 aromatic heterocycles. The van der Waals surface area contributed by atoms with Crippen LogP contribution in [0.4, 0.5) is 0 Å². The van der Waals surface area contributed by atoms with Crippen LogP contribution >= 0.6 is 15.9 Å². The zero-order valence-electron chi connectivity index (χ0n) is 9.83. The fourth-order valence-corrected chi connectivity index (χ4v) is 1.66. The molecule has 6 heteroatoms. The van der Waals surface area contributed by atoms with Crippen molar-refractivity contribution < 1.29 is 19.0 Å². The van der Waals surface area contributed by atoms with Gasteiger partial charge in [0, 0.05) is 19.5 Å². The lowest BCUT2D eigenvalue weighted by Crippen LogP contribution is -2.40. The molecule has 1 N–H and O–H groups in total. The summed E-state index contributed by atoms with van der Waals surface area (Å²) in [7, 11) is 3.20. The molecule has 1 unspecified atom stereocenters. The number of nitrogens with one attached hydrogen (secondary N) is 1. The maximum Gasteiger partial charge on any atom is 0.246 e. The van der Waals surface area contributed by atoms with Gasteiger partial charge in [0.25, 0.3) is 0 Å². The Labute approximate surface area is 105 Å². The number of alkyl halides is 1. The Bertz CT molecular complexity index is 174. The Kier molecular flexibility index (Phi) is 11.2. The summed E-state index contributed by atoms with van der Waals surface area (Å²) >= 11 is 3.33. The highest BCUT2D eigenvalue weighted by atomic mass is 79.9. The quantitative estimate of drug-likeness (QED) is 0.473. The minimum absolute atomic E-state index is 0.0305. The van der Waals surface area contributed by atoms with Crippen LogP contribution in [0.3, 0.4) is 0 Å². The summed E-state index contributed by atoms with van der Waals surface area (Å²) in [6.45, 7) is 1.49. The molecular formula is C10H20BrNO4. The van der Waals surface area contributed by atoms with Gasteiger partial charge < -0.3 is 19.5 Å². The largest absolute Gasteiger partial charge is 0.383 e. The fourth-order valence-electron chi connectivity index (χ4n) is 1.11. The molecule has 0 bridgehead atoms. The molecule has 1 amide bonds. The minimum atomic E-state index is -0.126. The first-order valence-corrected chi connectivity index (χ1v) is 6.27. The molecule has 0 saturated carbocycles. The molecule has 0 aliphatic heterocycles. The topological polar surface area (TPSA) is 56.8 Å². The SMILES string of the molecule is COCCOCC(=O)NC(CCBr)COC. The van der Waals surface area contributed by atoms with Crippen molar-refractivity contribution in [2.75, 3.05) is 46.0 Å². The predicted molar refractivity (Wildman–Crippen MR) is 64.9 cm³/mol. The van der Waals surface area contributed by atoms with E-state index in [-0.39, 0.29) is 18.6 Å². The molecule has 16 heavy (non-hydrogen) atoms. The first-order chi connectivity index (χ1) is 7.74. The van der Waals surface area contributed by atoms with Crippen LogP contribution in [0.15, 0.2) is 0 Å². The summed E-state index contributed by atoms with van der Waals surface area (Å²) < 4.78 is 14.9. The standard InChI is InChI=1S/C10H20BrNO4/c1-14-5-6-16-8-10(13)12-9(3-4-11)7-15-2/h9H,3-8H2,1-2H3,(H,12,13). The first-order valence-electron chi connectivity index (χ1n) is 5.15. The molecule has 0 rings (SSSR count). The van der Waals surface area contributed by atoms with Crippen LogP contribution < -0.4 is 5.32 Å². The van der Waals surface area contributed by atoms with E-state index >= 15 is 0 Å². The molecule has 0 heterocycles. The Morgan fingerprint density at radius 2 is 2.06 bits per heavy atom. The van der Waals surface area contributed by atoms with Crippen LogP contribution in [-0.4, -0.2) is 57.9 Å². The molecule has 0 aromatic carbocycles.